The standard InChI is InChI=1S/C26H23ClN2O6S/c1-5-34-25(32)22-14(2)28-26-29(24(31)21(36-26)13-16-8-6-7-9-18(16)27)23(22)17-10-11-19(35-15(3)30)20(12-17)33-4/h6-13,23H,5H2,1-4H3/b21-13-/t23-/m1/s1. The van der Waals surface area contributed by atoms with Crippen LogP contribution in [-0.2, 0) is 14.3 Å². The highest BCUT2D eigenvalue weighted by Gasteiger charge is 2.34. The number of fused-ring (bicyclic) bond motifs is 1. The number of aromatic nitrogens is 1. The predicted molar refractivity (Wildman–Crippen MR) is 136 cm³/mol. The first-order chi connectivity index (χ1) is 17.2. The summed E-state index contributed by atoms with van der Waals surface area (Å²) in [6.07, 6.45) is 1.71. The van der Waals surface area contributed by atoms with Crippen LogP contribution in [0, 0.1) is 0 Å². The van der Waals surface area contributed by atoms with Crippen LogP contribution >= 0.6 is 22.9 Å². The van der Waals surface area contributed by atoms with Crippen molar-refractivity contribution in [2.75, 3.05) is 13.7 Å². The molecule has 0 bridgehead atoms. The van der Waals surface area contributed by atoms with Gasteiger partial charge in [0.25, 0.3) is 5.56 Å². The number of hydrogen-bond acceptors (Lipinski definition) is 8. The van der Waals surface area contributed by atoms with Gasteiger partial charge in [-0.25, -0.2) is 9.79 Å². The van der Waals surface area contributed by atoms with Crippen LogP contribution in [0.15, 0.2) is 63.5 Å². The minimum atomic E-state index is -0.839. The Balaban J connectivity index is 1.97. The third kappa shape index (κ3) is 4.84. The van der Waals surface area contributed by atoms with Crippen molar-refractivity contribution in [2.24, 2.45) is 4.99 Å². The summed E-state index contributed by atoms with van der Waals surface area (Å²) in [7, 11) is 1.44. The zero-order valence-corrected chi connectivity index (χ0v) is 21.6. The number of benzene rings is 2. The summed E-state index contributed by atoms with van der Waals surface area (Å²) in [5.41, 5.74) is 1.59. The summed E-state index contributed by atoms with van der Waals surface area (Å²) in [4.78, 5) is 43.2. The Morgan fingerprint density at radius 2 is 1.94 bits per heavy atom. The molecule has 1 atom stereocenters. The molecule has 1 aromatic heterocycles. The van der Waals surface area contributed by atoms with Crippen molar-refractivity contribution in [1.29, 1.82) is 0 Å². The molecule has 2 heterocycles. The Hall–Kier alpha value is -3.69. The Morgan fingerprint density at radius 3 is 2.61 bits per heavy atom. The van der Waals surface area contributed by atoms with Gasteiger partial charge in [0.2, 0.25) is 0 Å². The Morgan fingerprint density at radius 1 is 1.19 bits per heavy atom. The number of thiazole rings is 1. The smallest absolute Gasteiger partial charge is 0.338 e. The molecule has 0 unspecified atom stereocenters. The summed E-state index contributed by atoms with van der Waals surface area (Å²) >= 11 is 7.51. The van der Waals surface area contributed by atoms with Crippen LogP contribution in [0.25, 0.3) is 6.08 Å². The van der Waals surface area contributed by atoms with Gasteiger partial charge in [-0.1, -0.05) is 47.2 Å². The van der Waals surface area contributed by atoms with Crippen LogP contribution < -0.4 is 24.4 Å². The molecule has 0 saturated heterocycles. The van der Waals surface area contributed by atoms with E-state index < -0.39 is 18.0 Å². The summed E-state index contributed by atoms with van der Waals surface area (Å²) in [5, 5.41) is 0.508. The molecule has 0 N–H and O–H groups in total. The van der Waals surface area contributed by atoms with E-state index in [4.69, 9.17) is 25.8 Å². The highest BCUT2D eigenvalue weighted by atomic mass is 35.5. The van der Waals surface area contributed by atoms with Crippen LogP contribution in [0.5, 0.6) is 11.5 Å². The number of esters is 2. The Bertz CT molecular complexity index is 1570. The number of ether oxygens (including phenoxy) is 3. The van der Waals surface area contributed by atoms with E-state index in [2.05, 4.69) is 4.99 Å². The minimum Gasteiger partial charge on any atom is -0.493 e. The number of halogens is 1. The van der Waals surface area contributed by atoms with E-state index in [1.54, 1.807) is 44.2 Å². The minimum absolute atomic E-state index is 0.161. The predicted octanol–water partition coefficient (Wildman–Crippen LogP) is 3.39. The number of carbonyl (C=O) groups excluding carboxylic acids is 2. The number of methoxy groups -OCH3 is 1. The molecular formula is C26H23ClN2O6S. The van der Waals surface area contributed by atoms with E-state index in [1.807, 2.05) is 18.2 Å². The molecule has 36 heavy (non-hydrogen) atoms. The van der Waals surface area contributed by atoms with Gasteiger partial charge in [-0.3, -0.25) is 14.2 Å². The Labute approximate surface area is 215 Å². The lowest BCUT2D eigenvalue weighted by Crippen LogP contribution is -2.40. The maximum absolute atomic E-state index is 13.7. The maximum Gasteiger partial charge on any atom is 0.338 e. The average molecular weight is 527 g/mol. The highest BCUT2D eigenvalue weighted by Crippen LogP contribution is 2.36. The fourth-order valence-electron chi connectivity index (χ4n) is 3.93. The first-order valence-electron chi connectivity index (χ1n) is 11.1. The van der Waals surface area contributed by atoms with Crippen molar-refractivity contribution in [3.8, 4) is 11.5 Å². The van der Waals surface area contributed by atoms with Gasteiger partial charge in [-0.2, -0.15) is 0 Å². The van der Waals surface area contributed by atoms with Gasteiger partial charge in [0, 0.05) is 11.9 Å². The fraction of sp³-hybridized carbons (Fsp3) is 0.231. The summed E-state index contributed by atoms with van der Waals surface area (Å²) in [6.45, 7) is 4.86. The molecule has 10 heteroatoms. The zero-order chi connectivity index (χ0) is 26.0. The molecular weight excluding hydrogens is 504 g/mol. The lowest BCUT2D eigenvalue weighted by atomic mass is 9.95. The van der Waals surface area contributed by atoms with Crippen molar-refractivity contribution in [2.45, 2.75) is 26.8 Å². The number of carbonyl (C=O) groups is 2. The van der Waals surface area contributed by atoms with E-state index in [0.29, 0.717) is 31.2 Å². The van der Waals surface area contributed by atoms with Crippen LogP contribution in [0.3, 0.4) is 0 Å². The molecule has 0 saturated carbocycles. The molecule has 8 nitrogen and oxygen atoms in total. The molecule has 0 amide bonds. The molecule has 0 spiro atoms. The summed E-state index contributed by atoms with van der Waals surface area (Å²) in [6, 6.07) is 11.2. The van der Waals surface area contributed by atoms with Gasteiger partial charge in [0.1, 0.15) is 0 Å². The number of hydrogen-bond donors (Lipinski definition) is 0. The van der Waals surface area contributed by atoms with Crippen LogP contribution in [0.4, 0.5) is 0 Å². The van der Waals surface area contributed by atoms with Crippen LogP contribution in [0.1, 0.15) is 37.9 Å². The van der Waals surface area contributed by atoms with E-state index >= 15 is 0 Å². The molecule has 0 fully saturated rings. The first kappa shape index (κ1) is 25.4. The average Bonchev–Trinajstić information content (AvgIpc) is 3.14. The van der Waals surface area contributed by atoms with E-state index in [1.165, 1.54) is 29.9 Å². The number of allylic oxidation sites excluding steroid dienone is 1. The number of rotatable bonds is 6. The molecule has 186 valence electrons. The second-order valence-electron chi connectivity index (χ2n) is 7.83. The topological polar surface area (TPSA) is 96.2 Å². The lowest BCUT2D eigenvalue weighted by molar-refractivity contribution is -0.139. The fourth-order valence-corrected chi connectivity index (χ4v) is 5.16. The van der Waals surface area contributed by atoms with Crippen molar-refractivity contribution in [1.82, 2.24) is 4.57 Å². The molecule has 0 radical (unpaired) electrons. The Kier molecular flexibility index (Phi) is 7.42. The SMILES string of the molecule is CCOC(=O)C1=C(C)N=c2s/c(=C\c3ccccc3Cl)c(=O)n2[C@@H]1c1ccc(OC(C)=O)c(OC)c1. The largest absolute Gasteiger partial charge is 0.493 e. The van der Waals surface area contributed by atoms with Gasteiger partial charge < -0.3 is 14.2 Å². The quantitative estimate of drug-likeness (QED) is 0.361. The molecule has 4 rings (SSSR count). The molecule has 2 aromatic carbocycles. The second kappa shape index (κ2) is 10.5. The summed E-state index contributed by atoms with van der Waals surface area (Å²) < 4.78 is 17.8. The van der Waals surface area contributed by atoms with Crippen molar-refractivity contribution in [3.63, 3.8) is 0 Å². The van der Waals surface area contributed by atoms with Crippen LogP contribution in [-0.4, -0.2) is 30.2 Å². The van der Waals surface area contributed by atoms with Gasteiger partial charge in [-0.15, -0.1) is 0 Å². The van der Waals surface area contributed by atoms with E-state index in [-0.39, 0.29) is 29.2 Å². The highest BCUT2D eigenvalue weighted by molar-refractivity contribution is 7.07. The van der Waals surface area contributed by atoms with Crippen molar-refractivity contribution >= 4 is 41.0 Å². The summed E-state index contributed by atoms with van der Waals surface area (Å²) in [5.74, 6) is -0.583. The molecule has 1 aliphatic heterocycles. The molecule has 3 aromatic rings. The van der Waals surface area contributed by atoms with E-state index in [0.717, 1.165) is 0 Å². The lowest BCUT2D eigenvalue weighted by Gasteiger charge is -2.25. The van der Waals surface area contributed by atoms with Crippen LogP contribution in [0.2, 0.25) is 5.02 Å². The third-order valence-electron chi connectivity index (χ3n) is 5.47. The third-order valence-corrected chi connectivity index (χ3v) is 6.79. The maximum atomic E-state index is 13.7. The molecule has 1 aliphatic rings. The van der Waals surface area contributed by atoms with Crippen molar-refractivity contribution < 1.29 is 23.8 Å². The van der Waals surface area contributed by atoms with Crippen molar-refractivity contribution in [3.05, 3.63) is 89.6 Å². The second-order valence-corrected chi connectivity index (χ2v) is 9.24. The zero-order valence-electron chi connectivity index (χ0n) is 20.0. The monoisotopic (exact) mass is 526 g/mol. The van der Waals surface area contributed by atoms with Gasteiger partial charge in [-0.05, 0) is 49.2 Å². The molecule has 0 aliphatic carbocycles. The first-order valence-corrected chi connectivity index (χ1v) is 12.2. The van der Waals surface area contributed by atoms with Gasteiger partial charge >= 0.3 is 11.9 Å². The van der Waals surface area contributed by atoms with Gasteiger partial charge in [0.15, 0.2) is 16.3 Å². The normalized spacial score (nSPS) is 15.2. The van der Waals surface area contributed by atoms with Gasteiger partial charge in [0.05, 0.1) is 35.6 Å². The van der Waals surface area contributed by atoms with E-state index in [9.17, 15) is 14.4 Å². The number of nitrogens with zero attached hydrogens (tertiary/aromatic N) is 2.